The number of hydrogen-bond acceptors (Lipinski definition) is 2. The van der Waals surface area contributed by atoms with Gasteiger partial charge in [-0.2, -0.15) is 0 Å². The van der Waals surface area contributed by atoms with Crippen LogP contribution in [-0.2, 0) is 16.0 Å². The Morgan fingerprint density at radius 1 is 1.44 bits per heavy atom. The van der Waals surface area contributed by atoms with Gasteiger partial charge in [0.15, 0.2) is 0 Å². The van der Waals surface area contributed by atoms with Crippen molar-refractivity contribution in [2.75, 3.05) is 13.2 Å². The summed E-state index contributed by atoms with van der Waals surface area (Å²) in [6.07, 6.45) is 1.75. The highest BCUT2D eigenvalue weighted by Gasteiger charge is 2.21. The maximum absolute atomic E-state index is 11.5. The average molecular weight is 284 g/mol. The number of halogens is 1. The normalized spacial score (nSPS) is 18.2. The summed E-state index contributed by atoms with van der Waals surface area (Å²) in [5, 5.41) is 2.89. The average Bonchev–Trinajstić information content (AvgIpc) is 3.05. The minimum Gasteiger partial charge on any atom is -0.373 e. The fraction of sp³-hybridized carbons (Fsp3) is 0.417. The predicted octanol–water partition coefficient (Wildman–Crippen LogP) is 1.90. The van der Waals surface area contributed by atoms with E-state index in [9.17, 15) is 4.79 Å². The Bertz CT molecular complexity index is 360. The van der Waals surface area contributed by atoms with Crippen molar-refractivity contribution >= 4 is 21.8 Å². The first kappa shape index (κ1) is 11.6. The highest BCUT2D eigenvalue weighted by Crippen LogP contribution is 2.12. The van der Waals surface area contributed by atoms with Gasteiger partial charge in [-0.25, -0.2) is 0 Å². The zero-order valence-electron chi connectivity index (χ0n) is 8.91. The van der Waals surface area contributed by atoms with Crippen molar-refractivity contribution in [3.05, 3.63) is 34.3 Å². The molecule has 1 aliphatic rings. The van der Waals surface area contributed by atoms with Crippen molar-refractivity contribution in [3.8, 4) is 0 Å². The van der Waals surface area contributed by atoms with Crippen molar-refractivity contribution in [3.63, 3.8) is 0 Å². The molecule has 0 saturated carbocycles. The largest absolute Gasteiger partial charge is 0.373 e. The zero-order chi connectivity index (χ0) is 11.4. The van der Waals surface area contributed by atoms with E-state index in [4.69, 9.17) is 4.74 Å². The third-order valence-corrected chi connectivity index (χ3v) is 3.00. The van der Waals surface area contributed by atoms with Gasteiger partial charge in [-0.15, -0.1) is 0 Å². The van der Waals surface area contributed by atoms with Crippen molar-refractivity contribution in [1.29, 1.82) is 0 Å². The molecule has 1 heterocycles. The molecule has 3 nitrogen and oxygen atoms in total. The molecule has 86 valence electrons. The molecule has 0 unspecified atom stereocenters. The number of hydrogen-bond donors (Lipinski definition) is 1. The van der Waals surface area contributed by atoms with Gasteiger partial charge in [0.2, 0.25) is 5.91 Å². The third-order valence-electron chi connectivity index (χ3n) is 2.47. The summed E-state index contributed by atoms with van der Waals surface area (Å²) >= 11 is 3.36. The highest BCUT2D eigenvalue weighted by molar-refractivity contribution is 9.10. The van der Waals surface area contributed by atoms with E-state index in [0.717, 1.165) is 23.1 Å². The molecule has 1 fully saturated rings. The van der Waals surface area contributed by atoms with E-state index >= 15 is 0 Å². The molecule has 1 atom stereocenters. The summed E-state index contributed by atoms with van der Waals surface area (Å²) in [7, 11) is 0. The summed E-state index contributed by atoms with van der Waals surface area (Å²) in [5.41, 5.74) is 1.03. The lowest BCUT2D eigenvalue weighted by atomic mass is 10.1. The van der Waals surface area contributed by atoms with Crippen LogP contribution in [0.25, 0.3) is 0 Å². The Balaban J connectivity index is 1.70. The third kappa shape index (κ3) is 3.94. The van der Waals surface area contributed by atoms with Gasteiger partial charge < -0.3 is 10.1 Å². The maximum Gasteiger partial charge on any atom is 0.224 e. The van der Waals surface area contributed by atoms with Gasteiger partial charge in [0.05, 0.1) is 19.1 Å². The molecule has 0 spiro atoms. The molecule has 16 heavy (non-hydrogen) atoms. The van der Waals surface area contributed by atoms with Crippen LogP contribution in [0.2, 0.25) is 0 Å². The summed E-state index contributed by atoms with van der Waals surface area (Å²) in [5.74, 6) is 0.0722. The van der Waals surface area contributed by atoms with E-state index in [1.165, 1.54) is 0 Å². The SMILES string of the molecule is O=C(Cc1ccc(Br)cc1)NCC[C@@H]1CO1. The summed E-state index contributed by atoms with van der Waals surface area (Å²) in [4.78, 5) is 11.5. The first-order chi connectivity index (χ1) is 7.74. The van der Waals surface area contributed by atoms with Gasteiger partial charge in [-0.1, -0.05) is 28.1 Å². The lowest BCUT2D eigenvalue weighted by molar-refractivity contribution is -0.120. The first-order valence-corrected chi connectivity index (χ1v) is 6.16. The van der Waals surface area contributed by atoms with E-state index in [1.807, 2.05) is 24.3 Å². The Labute approximate surface area is 103 Å². The Morgan fingerprint density at radius 2 is 2.12 bits per heavy atom. The molecule has 0 radical (unpaired) electrons. The van der Waals surface area contributed by atoms with Crippen LogP contribution in [0, 0.1) is 0 Å². The van der Waals surface area contributed by atoms with Crippen LogP contribution in [0.15, 0.2) is 28.7 Å². The number of epoxide rings is 1. The van der Waals surface area contributed by atoms with Crippen molar-refractivity contribution in [2.24, 2.45) is 0 Å². The van der Waals surface area contributed by atoms with Crippen LogP contribution in [0.4, 0.5) is 0 Å². The molecule has 0 aromatic heterocycles. The topological polar surface area (TPSA) is 41.6 Å². The number of ether oxygens (including phenoxy) is 1. The van der Waals surface area contributed by atoms with Crippen LogP contribution in [0.1, 0.15) is 12.0 Å². The molecule has 1 aliphatic heterocycles. The Hall–Kier alpha value is -0.870. The van der Waals surface area contributed by atoms with Crippen LogP contribution in [-0.4, -0.2) is 25.2 Å². The summed E-state index contributed by atoms with van der Waals surface area (Å²) in [6, 6.07) is 7.79. The summed E-state index contributed by atoms with van der Waals surface area (Å²) < 4.78 is 6.10. The molecule has 1 saturated heterocycles. The van der Waals surface area contributed by atoms with Crippen molar-refractivity contribution < 1.29 is 9.53 Å². The lowest BCUT2D eigenvalue weighted by Gasteiger charge is -2.04. The number of benzene rings is 1. The quantitative estimate of drug-likeness (QED) is 0.839. The highest BCUT2D eigenvalue weighted by atomic mass is 79.9. The van der Waals surface area contributed by atoms with Crippen LogP contribution in [0.5, 0.6) is 0 Å². The van der Waals surface area contributed by atoms with E-state index in [0.29, 0.717) is 19.1 Å². The zero-order valence-corrected chi connectivity index (χ0v) is 10.5. The van der Waals surface area contributed by atoms with Gasteiger partial charge in [-0.3, -0.25) is 4.79 Å². The van der Waals surface area contributed by atoms with E-state index in [-0.39, 0.29) is 5.91 Å². The smallest absolute Gasteiger partial charge is 0.224 e. The van der Waals surface area contributed by atoms with Crippen LogP contribution < -0.4 is 5.32 Å². The number of amides is 1. The van der Waals surface area contributed by atoms with Crippen molar-refractivity contribution in [2.45, 2.75) is 18.9 Å². The van der Waals surface area contributed by atoms with E-state index < -0.39 is 0 Å². The fourth-order valence-corrected chi connectivity index (χ4v) is 1.72. The van der Waals surface area contributed by atoms with Gasteiger partial charge >= 0.3 is 0 Å². The molecule has 0 aliphatic carbocycles. The number of carbonyl (C=O) groups excluding carboxylic acids is 1. The van der Waals surface area contributed by atoms with Crippen LogP contribution in [0.3, 0.4) is 0 Å². The van der Waals surface area contributed by atoms with Crippen molar-refractivity contribution in [1.82, 2.24) is 5.32 Å². The fourth-order valence-electron chi connectivity index (χ4n) is 1.46. The molecule has 0 bridgehead atoms. The molecular formula is C12H14BrNO2. The second-order valence-corrected chi connectivity index (χ2v) is 4.81. The minimum absolute atomic E-state index is 0.0722. The van der Waals surface area contributed by atoms with Gasteiger partial charge in [-0.05, 0) is 24.1 Å². The van der Waals surface area contributed by atoms with Gasteiger partial charge in [0, 0.05) is 11.0 Å². The Kier molecular flexibility index (Phi) is 3.96. The predicted molar refractivity (Wildman–Crippen MR) is 65.2 cm³/mol. The second-order valence-electron chi connectivity index (χ2n) is 3.90. The van der Waals surface area contributed by atoms with Gasteiger partial charge in [0.25, 0.3) is 0 Å². The number of nitrogens with one attached hydrogen (secondary N) is 1. The summed E-state index contributed by atoms with van der Waals surface area (Å²) in [6.45, 7) is 1.56. The molecular weight excluding hydrogens is 270 g/mol. The molecule has 1 N–H and O–H groups in total. The maximum atomic E-state index is 11.5. The van der Waals surface area contributed by atoms with Gasteiger partial charge in [0.1, 0.15) is 0 Å². The lowest BCUT2D eigenvalue weighted by Crippen LogP contribution is -2.26. The Morgan fingerprint density at radius 3 is 2.75 bits per heavy atom. The number of rotatable bonds is 5. The molecule has 2 rings (SSSR count). The monoisotopic (exact) mass is 283 g/mol. The standard InChI is InChI=1S/C12H14BrNO2/c13-10-3-1-9(2-4-10)7-12(15)14-6-5-11-8-16-11/h1-4,11H,5-8H2,(H,14,15)/t11-/m1/s1. The molecule has 1 aromatic rings. The van der Waals surface area contributed by atoms with E-state index in [1.54, 1.807) is 0 Å². The first-order valence-electron chi connectivity index (χ1n) is 5.37. The minimum atomic E-state index is 0.0722. The molecule has 1 amide bonds. The molecule has 4 heteroatoms. The molecule has 1 aromatic carbocycles. The van der Waals surface area contributed by atoms with E-state index in [2.05, 4.69) is 21.2 Å². The van der Waals surface area contributed by atoms with Crippen LogP contribution >= 0.6 is 15.9 Å². The second kappa shape index (κ2) is 5.46. The number of carbonyl (C=O) groups is 1.